The van der Waals surface area contributed by atoms with Crippen molar-refractivity contribution < 1.29 is 66.7 Å². The molecule has 0 heterocycles. The molecule has 0 aliphatic carbocycles. The number of rotatable bonds is 10. The van der Waals surface area contributed by atoms with Gasteiger partial charge in [0.25, 0.3) is 18.1 Å². The van der Waals surface area contributed by atoms with Gasteiger partial charge in [-0.1, -0.05) is 68.4 Å². The van der Waals surface area contributed by atoms with Gasteiger partial charge in [0, 0.05) is 27.8 Å². The van der Waals surface area contributed by atoms with Gasteiger partial charge in [-0.05, 0) is 68.1 Å². The molecular weight excluding hydrogens is 836 g/mol. The molecule has 0 saturated heterocycles. The van der Waals surface area contributed by atoms with Crippen molar-refractivity contribution in [2.75, 3.05) is 0 Å². The molecule has 0 aliphatic rings. The summed E-state index contributed by atoms with van der Waals surface area (Å²) in [6, 6.07) is 3.55. The van der Waals surface area contributed by atoms with Gasteiger partial charge in [-0.15, -0.1) is 0 Å². The van der Waals surface area contributed by atoms with Crippen LogP contribution in [0.25, 0.3) is 11.1 Å². The molecule has 0 N–H and O–H groups in total. The van der Waals surface area contributed by atoms with Gasteiger partial charge in [0.2, 0.25) is 69.7 Å². The van der Waals surface area contributed by atoms with Crippen molar-refractivity contribution in [3.05, 3.63) is 98.1 Å². The fourth-order valence-electron chi connectivity index (χ4n) is 6.19. The first-order valence-electron chi connectivity index (χ1n) is 18.1. The highest BCUT2D eigenvalue weighted by Crippen LogP contribution is 2.55. The van der Waals surface area contributed by atoms with Gasteiger partial charge < -0.3 is 22.8 Å². The van der Waals surface area contributed by atoms with Crippen molar-refractivity contribution in [3.8, 4) is 39.9 Å². The molecule has 2 unspecified atom stereocenters. The molecule has 4 aromatic carbocycles. The van der Waals surface area contributed by atoms with Crippen LogP contribution in [0.2, 0.25) is 0 Å². The van der Waals surface area contributed by atoms with Crippen LogP contribution in [0.1, 0.15) is 111 Å². The van der Waals surface area contributed by atoms with Crippen LogP contribution in [-0.4, -0.2) is 5.60 Å². The summed E-state index contributed by atoms with van der Waals surface area (Å²) < 4.78 is 172. The van der Waals surface area contributed by atoms with E-state index in [4.69, 9.17) is 22.8 Å². The van der Waals surface area contributed by atoms with Gasteiger partial charge >= 0.3 is 0 Å². The molecule has 0 amide bonds. The molecule has 0 aliphatic heterocycles. The lowest BCUT2D eigenvalue weighted by atomic mass is 9.74. The average molecular weight is 883 g/mol. The lowest BCUT2D eigenvalue weighted by Crippen LogP contribution is -2.24. The molecule has 0 spiro atoms. The first-order valence-corrected chi connectivity index (χ1v) is 19.7. The molecule has 0 aromatic heterocycles. The average Bonchev–Trinajstić information content (AvgIpc) is 3.10. The maximum atomic E-state index is 14.7. The van der Waals surface area contributed by atoms with Crippen molar-refractivity contribution in [3.63, 3.8) is 0 Å². The van der Waals surface area contributed by atoms with Gasteiger partial charge in [0.1, 0.15) is 22.8 Å². The third kappa shape index (κ3) is 9.67. The minimum absolute atomic E-state index is 0.0151. The molecule has 2 atom stereocenters. The van der Waals surface area contributed by atoms with Crippen molar-refractivity contribution >= 4 is 18.1 Å². The second-order valence-electron chi connectivity index (χ2n) is 17.9. The van der Waals surface area contributed by atoms with E-state index < -0.39 is 110 Å². The maximum Gasteiger partial charge on any atom is 0.275 e. The van der Waals surface area contributed by atoms with E-state index >= 15 is 0 Å². The van der Waals surface area contributed by atoms with E-state index in [2.05, 4.69) is 0 Å². The Morgan fingerprint density at radius 3 is 0.983 bits per heavy atom. The van der Waals surface area contributed by atoms with E-state index in [1.165, 1.54) is 0 Å². The summed E-state index contributed by atoms with van der Waals surface area (Å²) in [6.45, 7) is 25.7. The minimum atomic E-state index is -2.37. The Kier molecular flexibility index (Phi) is 13.6. The molecule has 0 saturated carbocycles. The molecule has 0 fully saturated rings. The lowest BCUT2D eigenvalue weighted by molar-refractivity contribution is 0.129. The summed E-state index contributed by atoms with van der Waals surface area (Å²) >= 11 is 0. The zero-order valence-electron chi connectivity index (χ0n) is 35.0. The Bertz CT molecular complexity index is 2230. The molecule has 0 radical (unpaired) electrons. The van der Waals surface area contributed by atoms with Crippen molar-refractivity contribution in [2.24, 2.45) is 0 Å². The summed E-state index contributed by atoms with van der Waals surface area (Å²) in [5.74, 6) is -25.2. The fourth-order valence-corrected chi connectivity index (χ4v) is 7.39. The molecule has 4 rings (SSSR count). The van der Waals surface area contributed by atoms with Crippen LogP contribution in [0.4, 0.5) is 43.9 Å². The molecule has 324 valence electrons. The number of halogens is 10. The predicted molar refractivity (Wildman–Crippen MR) is 209 cm³/mol. The van der Waals surface area contributed by atoms with E-state index in [9.17, 15) is 43.9 Å². The third-order valence-electron chi connectivity index (χ3n) is 9.04. The van der Waals surface area contributed by atoms with Gasteiger partial charge in [-0.25, -0.2) is 26.3 Å². The van der Waals surface area contributed by atoms with E-state index in [0.29, 0.717) is 28.0 Å². The molecular formula is C42H46F10O5P2. The van der Waals surface area contributed by atoms with E-state index in [0.717, 1.165) is 5.56 Å². The topological polar surface area (TPSA) is 46.2 Å². The second kappa shape index (κ2) is 16.8. The van der Waals surface area contributed by atoms with Crippen LogP contribution in [0, 0.1) is 72.0 Å². The Labute approximate surface area is 341 Å². The SMILES string of the molecule is Cc1c(OC(C)(C)C)cc(C(C)(C)C)c(OPOc2c(F)c(F)c(F)c(F)c2F)c1-c1c(C)c(C(C)(C)C)cc(C(C)(C)C)c1OPOc1c(F)c(F)c(F)c(F)c1F. The zero-order valence-corrected chi connectivity index (χ0v) is 37.0. The quantitative estimate of drug-likeness (QED) is 0.0687. The molecule has 0 bridgehead atoms. The number of hydrogen-bond donors (Lipinski definition) is 0. The third-order valence-corrected chi connectivity index (χ3v) is 10.2. The number of hydrogen-bond acceptors (Lipinski definition) is 5. The van der Waals surface area contributed by atoms with E-state index in [-0.39, 0.29) is 22.6 Å². The number of benzene rings is 4. The Hall–Kier alpha value is -3.96. The largest absolute Gasteiger partial charge is 0.488 e. The Morgan fingerprint density at radius 2 is 0.661 bits per heavy atom. The monoisotopic (exact) mass is 882 g/mol. The van der Waals surface area contributed by atoms with Crippen molar-refractivity contribution in [2.45, 2.75) is 119 Å². The summed E-state index contributed by atoms with van der Waals surface area (Å²) in [4.78, 5) is 0. The first-order chi connectivity index (χ1) is 26.8. The lowest BCUT2D eigenvalue weighted by Gasteiger charge is -2.34. The van der Waals surface area contributed by atoms with Crippen LogP contribution in [-0.2, 0) is 16.2 Å². The van der Waals surface area contributed by atoms with Crippen molar-refractivity contribution in [1.82, 2.24) is 0 Å². The van der Waals surface area contributed by atoms with Gasteiger partial charge in [0.15, 0.2) is 0 Å². The highest BCUT2D eigenvalue weighted by molar-refractivity contribution is 7.27. The molecule has 59 heavy (non-hydrogen) atoms. The van der Waals surface area contributed by atoms with Crippen molar-refractivity contribution in [1.29, 1.82) is 0 Å². The van der Waals surface area contributed by atoms with Gasteiger partial charge in [-0.3, -0.25) is 0 Å². The summed E-state index contributed by atoms with van der Waals surface area (Å²) in [7, 11) is -2.82. The van der Waals surface area contributed by atoms with Gasteiger partial charge in [-0.2, -0.15) is 17.6 Å². The minimum Gasteiger partial charge on any atom is -0.488 e. The highest BCUT2D eigenvalue weighted by atomic mass is 31.1. The summed E-state index contributed by atoms with van der Waals surface area (Å²) in [5.41, 5.74) is 0.270. The summed E-state index contributed by atoms with van der Waals surface area (Å²) in [5, 5.41) is 0. The Balaban J connectivity index is 2.12. The predicted octanol–water partition coefficient (Wildman–Crippen LogP) is 14.4. The second-order valence-corrected chi connectivity index (χ2v) is 19.0. The standard InChI is InChI=1S/C42H46F10O5P2/c1-17-19(39(3,4)5)15-20(40(6,7)8)35(54-58-56-37-31(49)27(45)25(43)28(46)32(37)50)23(17)24-18(2)22(53-42(12,13)14)16-21(41(9,10)11)36(24)55-59-57-38-33(51)29(47)26(44)30(48)34(38)52/h15-16,58-59H,1-14H3. The normalized spacial score (nSPS) is 12.9. The van der Waals surface area contributed by atoms with E-state index in [1.54, 1.807) is 19.9 Å². The summed E-state index contributed by atoms with van der Waals surface area (Å²) in [6.07, 6.45) is 0. The van der Waals surface area contributed by atoms with E-state index in [1.807, 2.05) is 89.2 Å². The molecule has 17 heteroatoms. The van der Waals surface area contributed by atoms with Crippen LogP contribution in [0.5, 0.6) is 28.7 Å². The highest BCUT2D eigenvalue weighted by Gasteiger charge is 2.36. The van der Waals surface area contributed by atoms with Crippen LogP contribution in [0.3, 0.4) is 0 Å². The van der Waals surface area contributed by atoms with Crippen LogP contribution >= 0.6 is 18.1 Å². The smallest absolute Gasteiger partial charge is 0.275 e. The first kappa shape index (κ1) is 47.7. The van der Waals surface area contributed by atoms with Crippen LogP contribution < -0.4 is 22.8 Å². The van der Waals surface area contributed by atoms with Crippen LogP contribution in [0.15, 0.2) is 12.1 Å². The fraction of sp³-hybridized carbons (Fsp3) is 0.429. The maximum absolute atomic E-state index is 14.7. The number of ether oxygens (including phenoxy) is 1. The Morgan fingerprint density at radius 1 is 0.373 bits per heavy atom. The zero-order chi connectivity index (χ0) is 45.1. The molecule has 4 aromatic rings. The molecule has 5 nitrogen and oxygen atoms in total. The van der Waals surface area contributed by atoms with Gasteiger partial charge in [0.05, 0.1) is 0 Å².